The van der Waals surface area contributed by atoms with Gasteiger partial charge in [-0.05, 0) is 49.6 Å². The molecular formula is C30H34N6O7. The molecule has 0 unspecified atom stereocenters. The number of amides is 3. The van der Waals surface area contributed by atoms with Crippen LogP contribution >= 0.6 is 0 Å². The Bertz CT molecular complexity index is 1600. The highest BCUT2D eigenvalue weighted by atomic mass is 16.5. The van der Waals surface area contributed by atoms with Gasteiger partial charge in [0.1, 0.15) is 23.0 Å². The molecule has 5 rings (SSSR count). The van der Waals surface area contributed by atoms with Crippen molar-refractivity contribution >= 4 is 47.2 Å². The SMILES string of the molecule is COC(=O)c1ccc(NC(=O)c2ccc(NC(=O)CCCOc3cc4c(cc3OC)C(=O)N3CCC[C@H]3C=N4)n2C)n1C. The molecule has 43 heavy (non-hydrogen) atoms. The van der Waals surface area contributed by atoms with Gasteiger partial charge in [-0.3, -0.25) is 19.4 Å². The lowest BCUT2D eigenvalue weighted by Crippen LogP contribution is -2.35. The van der Waals surface area contributed by atoms with Crippen LogP contribution in [0, 0.1) is 0 Å². The number of benzene rings is 1. The van der Waals surface area contributed by atoms with Crippen molar-refractivity contribution < 1.29 is 33.4 Å². The van der Waals surface area contributed by atoms with Crippen LogP contribution in [-0.4, -0.2) is 77.4 Å². The number of methoxy groups -OCH3 is 2. The van der Waals surface area contributed by atoms with E-state index in [2.05, 4.69) is 15.6 Å². The monoisotopic (exact) mass is 590 g/mol. The molecule has 0 saturated carbocycles. The van der Waals surface area contributed by atoms with Crippen LogP contribution in [0.4, 0.5) is 17.3 Å². The zero-order valence-corrected chi connectivity index (χ0v) is 24.5. The van der Waals surface area contributed by atoms with E-state index in [4.69, 9.17) is 14.2 Å². The number of nitrogens with zero attached hydrogens (tertiary/aromatic N) is 4. The first-order chi connectivity index (χ1) is 20.7. The summed E-state index contributed by atoms with van der Waals surface area (Å²) in [4.78, 5) is 56.8. The molecule has 4 heterocycles. The molecule has 1 saturated heterocycles. The number of carbonyl (C=O) groups is 4. The predicted octanol–water partition coefficient (Wildman–Crippen LogP) is 3.53. The fourth-order valence-electron chi connectivity index (χ4n) is 5.23. The molecule has 3 amide bonds. The van der Waals surface area contributed by atoms with Crippen LogP contribution in [0.2, 0.25) is 0 Å². The summed E-state index contributed by atoms with van der Waals surface area (Å²) in [5.74, 6) is 0.517. The van der Waals surface area contributed by atoms with E-state index in [-0.39, 0.29) is 30.9 Å². The van der Waals surface area contributed by atoms with Crippen molar-refractivity contribution in [1.82, 2.24) is 14.0 Å². The van der Waals surface area contributed by atoms with Crippen molar-refractivity contribution in [3.63, 3.8) is 0 Å². The molecule has 13 nitrogen and oxygen atoms in total. The lowest BCUT2D eigenvalue weighted by molar-refractivity contribution is -0.116. The van der Waals surface area contributed by atoms with Crippen molar-refractivity contribution in [1.29, 1.82) is 0 Å². The Morgan fingerprint density at radius 1 is 0.977 bits per heavy atom. The van der Waals surface area contributed by atoms with Gasteiger partial charge >= 0.3 is 5.97 Å². The minimum Gasteiger partial charge on any atom is -0.493 e. The van der Waals surface area contributed by atoms with Gasteiger partial charge in [-0.25, -0.2) is 4.79 Å². The van der Waals surface area contributed by atoms with Crippen LogP contribution in [0.1, 0.15) is 57.0 Å². The van der Waals surface area contributed by atoms with E-state index in [0.29, 0.717) is 58.7 Å². The molecule has 1 aromatic carbocycles. The molecule has 1 fully saturated rings. The minimum absolute atomic E-state index is 0.00778. The topological polar surface area (TPSA) is 145 Å². The summed E-state index contributed by atoms with van der Waals surface area (Å²) in [7, 11) is 6.11. The van der Waals surface area contributed by atoms with E-state index in [9.17, 15) is 19.2 Å². The standard InChI is InChI=1S/C30H34N6O7/c1-34-21(28(38)33-26-12-10-22(35(26)2)30(40)42-4)9-11-25(34)32-27(37)8-6-14-43-24-16-20-19(15-23(24)41-3)29(39)36-13-5-7-18(36)17-31-20/h9-12,15-18H,5-8,13-14H2,1-4H3,(H,32,37)(H,33,38)/t18-/m0/s1. The first-order valence-corrected chi connectivity index (χ1v) is 13.9. The summed E-state index contributed by atoms with van der Waals surface area (Å²) in [6, 6.07) is 9.77. The number of ether oxygens (including phenoxy) is 3. The molecular weight excluding hydrogens is 556 g/mol. The highest BCUT2D eigenvalue weighted by molar-refractivity contribution is 6.05. The predicted molar refractivity (Wildman–Crippen MR) is 159 cm³/mol. The highest BCUT2D eigenvalue weighted by Crippen LogP contribution is 2.38. The average molecular weight is 591 g/mol. The van der Waals surface area contributed by atoms with Gasteiger partial charge in [0.25, 0.3) is 11.8 Å². The Morgan fingerprint density at radius 3 is 2.44 bits per heavy atom. The summed E-state index contributed by atoms with van der Waals surface area (Å²) < 4.78 is 19.2. The fourth-order valence-corrected chi connectivity index (χ4v) is 5.23. The first-order valence-electron chi connectivity index (χ1n) is 13.9. The van der Waals surface area contributed by atoms with Gasteiger partial charge in [0.2, 0.25) is 5.91 Å². The Morgan fingerprint density at radius 2 is 1.70 bits per heavy atom. The molecule has 2 aliphatic heterocycles. The van der Waals surface area contributed by atoms with Crippen molar-refractivity contribution in [2.75, 3.05) is 38.0 Å². The number of rotatable bonds is 10. The number of hydrogen-bond acceptors (Lipinski definition) is 8. The van der Waals surface area contributed by atoms with Gasteiger partial charge in [0.15, 0.2) is 11.5 Å². The Kier molecular flexibility index (Phi) is 8.51. The van der Waals surface area contributed by atoms with Crippen LogP contribution < -0.4 is 20.1 Å². The zero-order chi connectivity index (χ0) is 30.7. The second-order valence-corrected chi connectivity index (χ2v) is 10.3. The Balaban J connectivity index is 1.14. The third-order valence-electron chi connectivity index (χ3n) is 7.64. The number of aliphatic imine (C=N–C) groups is 1. The van der Waals surface area contributed by atoms with Crippen LogP contribution in [0.25, 0.3) is 0 Å². The van der Waals surface area contributed by atoms with Crippen LogP contribution in [0.5, 0.6) is 11.5 Å². The number of fused-ring (bicyclic) bond motifs is 2. The average Bonchev–Trinajstić information content (AvgIpc) is 3.70. The van der Waals surface area contributed by atoms with Crippen molar-refractivity contribution in [3.8, 4) is 11.5 Å². The molecule has 226 valence electrons. The van der Waals surface area contributed by atoms with Gasteiger partial charge in [0, 0.05) is 39.3 Å². The second-order valence-electron chi connectivity index (χ2n) is 10.3. The molecule has 0 spiro atoms. The number of aromatic nitrogens is 2. The highest BCUT2D eigenvalue weighted by Gasteiger charge is 2.32. The number of hydrogen-bond donors (Lipinski definition) is 2. The largest absolute Gasteiger partial charge is 0.493 e. The molecule has 2 aromatic heterocycles. The third-order valence-corrected chi connectivity index (χ3v) is 7.64. The van der Waals surface area contributed by atoms with Gasteiger partial charge < -0.3 is 38.9 Å². The van der Waals surface area contributed by atoms with E-state index in [0.717, 1.165) is 12.8 Å². The van der Waals surface area contributed by atoms with Gasteiger partial charge in [-0.15, -0.1) is 0 Å². The lowest BCUT2D eigenvalue weighted by atomic mass is 10.1. The first kappa shape index (κ1) is 29.4. The van der Waals surface area contributed by atoms with E-state index in [1.807, 2.05) is 11.1 Å². The minimum atomic E-state index is -0.514. The summed E-state index contributed by atoms with van der Waals surface area (Å²) in [5.41, 5.74) is 1.63. The number of nitrogens with one attached hydrogen (secondary N) is 2. The molecule has 3 aromatic rings. The van der Waals surface area contributed by atoms with Gasteiger partial charge in [0.05, 0.1) is 38.1 Å². The van der Waals surface area contributed by atoms with Crippen molar-refractivity contribution in [2.24, 2.45) is 19.1 Å². The molecule has 0 bridgehead atoms. The molecule has 13 heteroatoms. The second kappa shape index (κ2) is 12.4. The zero-order valence-electron chi connectivity index (χ0n) is 24.5. The maximum Gasteiger partial charge on any atom is 0.354 e. The van der Waals surface area contributed by atoms with Crippen molar-refractivity contribution in [2.45, 2.75) is 31.7 Å². The molecule has 0 aliphatic carbocycles. The normalized spacial score (nSPS) is 15.4. The van der Waals surface area contributed by atoms with Crippen LogP contribution in [0.3, 0.4) is 0 Å². The number of carbonyl (C=O) groups excluding carboxylic acids is 4. The number of anilines is 2. The molecule has 1 atom stereocenters. The summed E-state index contributed by atoms with van der Waals surface area (Å²) in [5, 5.41) is 5.58. The third kappa shape index (κ3) is 5.96. The van der Waals surface area contributed by atoms with E-state index in [1.54, 1.807) is 55.1 Å². The smallest absolute Gasteiger partial charge is 0.354 e. The van der Waals surface area contributed by atoms with E-state index < -0.39 is 11.9 Å². The Hall–Kier alpha value is -5.07. The maximum absolute atomic E-state index is 13.0. The summed E-state index contributed by atoms with van der Waals surface area (Å²) in [6.45, 7) is 0.946. The van der Waals surface area contributed by atoms with E-state index in [1.165, 1.54) is 18.8 Å². The maximum atomic E-state index is 13.0. The fraction of sp³-hybridized carbons (Fsp3) is 0.367. The molecule has 0 radical (unpaired) electrons. The molecule has 2 N–H and O–H groups in total. The summed E-state index contributed by atoms with van der Waals surface area (Å²) >= 11 is 0. The lowest BCUT2D eigenvalue weighted by Gasteiger charge is -2.20. The van der Waals surface area contributed by atoms with Crippen LogP contribution in [0.15, 0.2) is 41.4 Å². The van der Waals surface area contributed by atoms with Gasteiger partial charge in [-0.1, -0.05) is 0 Å². The van der Waals surface area contributed by atoms with Crippen LogP contribution in [-0.2, 0) is 23.6 Å². The summed E-state index contributed by atoms with van der Waals surface area (Å²) in [6.07, 6.45) is 4.26. The van der Waals surface area contributed by atoms with Crippen molar-refractivity contribution in [3.05, 3.63) is 53.3 Å². The number of esters is 1. The quantitative estimate of drug-likeness (QED) is 0.271. The van der Waals surface area contributed by atoms with Gasteiger partial charge in [-0.2, -0.15) is 0 Å². The van der Waals surface area contributed by atoms with E-state index >= 15 is 0 Å². The Labute approximate surface area is 248 Å². The molecule has 2 aliphatic rings.